The number of hydrogen-bond donors (Lipinski definition) is 0. The van der Waals surface area contributed by atoms with Crippen LogP contribution in [0.1, 0.15) is 58.9 Å². The van der Waals surface area contributed by atoms with Gasteiger partial charge in [0.05, 0.1) is 11.9 Å². The molecule has 4 rings (SSSR count). The van der Waals surface area contributed by atoms with E-state index in [9.17, 15) is 9.59 Å². The first-order chi connectivity index (χ1) is 17.2. The van der Waals surface area contributed by atoms with E-state index < -0.39 is 5.60 Å². The number of benzene rings is 1. The van der Waals surface area contributed by atoms with Crippen LogP contribution in [0.15, 0.2) is 42.7 Å². The molecule has 2 aromatic rings. The first kappa shape index (κ1) is 26.0. The Morgan fingerprint density at radius 2 is 2.00 bits per heavy atom. The number of ether oxygens (including phenoxy) is 1. The fraction of sp³-hybridized carbons (Fsp3) is 0.552. The Labute approximate surface area is 215 Å². The summed E-state index contributed by atoms with van der Waals surface area (Å²) < 4.78 is 5.56. The van der Waals surface area contributed by atoms with E-state index in [1.165, 1.54) is 5.56 Å². The maximum atomic E-state index is 12.5. The van der Waals surface area contributed by atoms with Gasteiger partial charge in [0.15, 0.2) is 0 Å². The zero-order chi connectivity index (χ0) is 25.7. The third-order valence-electron chi connectivity index (χ3n) is 7.08. The molecule has 0 saturated carbocycles. The van der Waals surface area contributed by atoms with E-state index in [1.54, 1.807) is 0 Å². The number of amides is 2. The molecule has 0 unspecified atom stereocenters. The zero-order valence-corrected chi connectivity index (χ0v) is 22.2. The molecule has 2 aliphatic heterocycles. The molecule has 1 atom stereocenters. The molecule has 36 heavy (non-hydrogen) atoms. The van der Waals surface area contributed by atoms with Crippen LogP contribution in [-0.4, -0.2) is 71.2 Å². The van der Waals surface area contributed by atoms with Crippen molar-refractivity contribution in [2.45, 2.75) is 71.4 Å². The summed E-state index contributed by atoms with van der Waals surface area (Å²) in [5.74, 6) is 0.277. The topological polar surface area (TPSA) is 66.0 Å². The molecule has 2 fully saturated rings. The number of pyridine rings is 1. The molecule has 0 N–H and O–H groups in total. The lowest BCUT2D eigenvalue weighted by Gasteiger charge is -2.42. The SMILES string of the molecule is CCN(CC[C@@H]1CCN1C(=O)OC(C)(C)C)c1cncc(-c2cccc(CCN3CCCC3=O)c2)c1. The lowest BCUT2D eigenvalue weighted by molar-refractivity contribution is -0.127. The van der Waals surface area contributed by atoms with Crippen molar-refractivity contribution in [2.75, 3.05) is 37.6 Å². The average molecular weight is 493 g/mol. The highest BCUT2D eigenvalue weighted by Gasteiger charge is 2.35. The second kappa shape index (κ2) is 11.3. The Hall–Kier alpha value is -3.09. The van der Waals surface area contributed by atoms with Gasteiger partial charge in [-0.05, 0) is 70.6 Å². The number of nitrogens with zero attached hydrogens (tertiary/aromatic N) is 4. The van der Waals surface area contributed by atoms with Gasteiger partial charge in [0.2, 0.25) is 5.91 Å². The summed E-state index contributed by atoms with van der Waals surface area (Å²) in [6.45, 7) is 12.0. The predicted molar refractivity (Wildman–Crippen MR) is 143 cm³/mol. The standard InChI is InChI=1S/C29H40N4O3/c1-5-31(16-12-25-13-17-33(25)28(35)36-29(2,3)4)26-19-24(20-30-21-26)23-9-6-8-22(18-23)11-15-32-14-7-10-27(32)34/h6,8-9,18-21,25H,5,7,10-17H2,1-4H3/t25-/m1/s1. The van der Waals surface area contributed by atoms with Crippen LogP contribution in [0.4, 0.5) is 10.5 Å². The van der Waals surface area contributed by atoms with Crippen molar-refractivity contribution in [1.29, 1.82) is 0 Å². The summed E-state index contributed by atoms with van der Waals surface area (Å²) in [6.07, 6.45) is 8.08. The molecule has 3 heterocycles. The number of hydrogen-bond acceptors (Lipinski definition) is 5. The Balaban J connectivity index is 1.37. The van der Waals surface area contributed by atoms with Crippen LogP contribution in [-0.2, 0) is 16.0 Å². The number of rotatable bonds is 9. The van der Waals surface area contributed by atoms with E-state index >= 15 is 0 Å². The molecule has 1 aromatic heterocycles. The second-order valence-corrected chi connectivity index (χ2v) is 10.9. The molecule has 7 heteroatoms. The largest absolute Gasteiger partial charge is 0.444 e. The first-order valence-electron chi connectivity index (χ1n) is 13.3. The van der Waals surface area contributed by atoms with E-state index in [0.717, 1.165) is 75.2 Å². The molecule has 7 nitrogen and oxygen atoms in total. The van der Waals surface area contributed by atoms with Crippen LogP contribution in [0, 0.1) is 0 Å². The molecule has 2 aliphatic rings. The maximum absolute atomic E-state index is 12.5. The number of aromatic nitrogens is 1. The highest BCUT2D eigenvalue weighted by molar-refractivity contribution is 5.78. The third kappa shape index (κ3) is 6.56. The fourth-order valence-corrected chi connectivity index (χ4v) is 4.95. The molecule has 0 bridgehead atoms. The van der Waals surface area contributed by atoms with Gasteiger partial charge in [0.1, 0.15) is 5.60 Å². The van der Waals surface area contributed by atoms with Gasteiger partial charge < -0.3 is 19.4 Å². The smallest absolute Gasteiger partial charge is 0.410 e. The Morgan fingerprint density at radius 1 is 1.17 bits per heavy atom. The molecular weight excluding hydrogens is 452 g/mol. The van der Waals surface area contributed by atoms with Gasteiger partial charge in [0.25, 0.3) is 0 Å². The number of carbonyl (C=O) groups is 2. The van der Waals surface area contributed by atoms with E-state index in [4.69, 9.17) is 4.74 Å². The van der Waals surface area contributed by atoms with Crippen molar-refractivity contribution in [2.24, 2.45) is 0 Å². The summed E-state index contributed by atoms with van der Waals surface area (Å²) >= 11 is 0. The average Bonchev–Trinajstić information content (AvgIpc) is 3.23. The fourth-order valence-electron chi connectivity index (χ4n) is 4.95. The lowest BCUT2D eigenvalue weighted by Crippen LogP contribution is -2.53. The minimum absolute atomic E-state index is 0.209. The first-order valence-corrected chi connectivity index (χ1v) is 13.3. The molecule has 0 spiro atoms. The van der Waals surface area contributed by atoms with Gasteiger partial charge >= 0.3 is 6.09 Å². The molecular formula is C29H40N4O3. The number of carbonyl (C=O) groups excluding carboxylic acids is 2. The van der Waals surface area contributed by atoms with Crippen molar-refractivity contribution in [3.63, 3.8) is 0 Å². The van der Waals surface area contributed by atoms with E-state index in [-0.39, 0.29) is 18.0 Å². The van der Waals surface area contributed by atoms with Crippen LogP contribution >= 0.6 is 0 Å². The van der Waals surface area contributed by atoms with E-state index in [1.807, 2.05) is 43.0 Å². The van der Waals surface area contributed by atoms with Crippen LogP contribution < -0.4 is 4.90 Å². The van der Waals surface area contributed by atoms with Gasteiger partial charge in [-0.25, -0.2) is 4.79 Å². The van der Waals surface area contributed by atoms with Crippen molar-refractivity contribution in [1.82, 2.24) is 14.8 Å². The summed E-state index contributed by atoms with van der Waals surface area (Å²) in [7, 11) is 0. The van der Waals surface area contributed by atoms with Crippen molar-refractivity contribution in [3.8, 4) is 11.1 Å². The summed E-state index contributed by atoms with van der Waals surface area (Å²) in [4.78, 5) is 35.1. The normalized spacial score (nSPS) is 17.8. The second-order valence-electron chi connectivity index (χ2n) is 10.9. The summed E-state index contributed by atoms with van der Waals surface area (Å²) in [5.41, 5.74) is 4.08. The van der Waals surface area contributed by atoms with Gasteiger partial charge in [-0.3, -0.25) is 9.78 Å². The van der Waals surface area contributed by atoms with Crippen molar-refractivity contribution in [3.05, 3.63) is 48.3 Å². The van der Waals surface area contributed by atoms with E-state index in [2.05, 4.69) is 47.1 Å². The number of anilines is 1. The van der Waals surface area contributed by atoms with Crippen molar-refractivity contribution >= 4 is 17.7 Å². The minimum Gasteiger partial charge on any atom is -0.444 e. The molecule has 2 saturated heterocycles. The predicted octanol–water partition coefficient (Wildman–Crippen LogP) is 5.14. The van der Waals surface area contributed by atoms with Crippen LogP contribution in [0.3, 0.4) is 0 Å². The number of likely N-dealkylation sites (tertiary alicyclic amines) is 2. The third-order valence-corrected chi connectivity index (χ3v) is 7.08. The highest BCUT2D eigenvalue weighted by atomic mass is 16.6. The molecule has 194 valence electrons. The molecule has 0 radical (unpaired) electrons. The van der Waals surface area contributed by atoms with Crippen molar-refractivity contribution < 1.29 is 14.3 Å². The van der Waals surface area contributed by atoms with Crippen LogP contribution in [0.2, 0.25) is 0 Å². The maximum Gasteiger partial charge on any atom is 0.410 e. The minimum atomic E-state index is -0.471. The quantitative estimate of drug-likeness (QED) is 0.485. The van der Waals surface area contributed by atoms with E-state index in [0.29, 0.717) is 6.42 Å². The van der Waals surface area contributed by atoms with Gasteiger partial charge in [-0.15, -0.1) is 0 Å². The van der Waals surface area contributed by atoms with Gasteiger partial charge in [-0.2, -0.15) is 0 Å². The molecule has 1 aromatic carbocycles. The lowest BCUT2D eigenvalue weighted by atomic mass is 9.99. The van der Waals surface area contributed by atoms with Gasteiger partial charge in [-0.1, -0.05) is 24.3 Å². The summed E-state index contributed by atoms with van der Waals surface area (Å²) in [6, 6.07) is 11.0. The Morgan fingerprint density at radius 3 is 2.67 bits per heavy atom. The molecule has 0 aliphatic carbocycles. The summed E-state index contributed by atoms with van der Waals surface area (Å²) in [5, 5.41) is 0. The Kier molecular flexibility index (Phi) is 8.17. The van der Waals surface area contributed by atoms with Gasteiger partial charge in [0, 0.05) is 56.9 Å². The zero-order valence-electron chi connectivity index (χ0n) is 22.2. The highest BCUT2D eigenvalue weighted by Crippen LogP contribution is 2.27. The Bertz CT molecular complexity index is 1060. The molecule has 2 amide bonds. The monoisotopic (exact) mass is 492 g/mol. The van der Waals surface area contributed by atoms with Crippen LogP contribution in [0.25, 0.3) is 11.1 Å². The van der Waals surface area contributed by atoms with Crippen LogP contribution in [0.5, 0.6) is 0 Å².